The predicted molar refractivity (Wildman–Crippen MR) is 55.4 cm³/mol. The lowest BCUT2D eigenvalue weighted by Gasteiger charge is -2.19. The van der Waals surface area contributed by atoms with E-state index < -0.39 is 0 Å². The zero-order chi connectivity index (χ0) is 9.97. The zero-order valence-corrected chi connectivity index (χ0v) is 8.16. The predicted octanol–water partition coefficient (Wildman–Crippen LogP) is 0.899. The molecule has 0 bridgehead atoms. The van der Waals surface area contributed by atoms with Crippen LogP contribution in [0.25, 0.3) is 0 Å². The van der Waals surface area contributed by atoms with Crippen molar-refractivity contribution in [2.24, 2.45) is 16.0 Å². The van der Waals surface area contributed by atoms with Crippen LogP contribution in [0, 0.1) is 5.92 Å². The Morgan fingerprint density at radius 3 is 2.93 bits per heavy atom. The van der Waals surface area contributed by atoms with E-state index in [1.165, 1.54) is 0 Å². The maximum Gasteiger partial charge on any atom is 0.240 e. The first-order valence-corrected chi connectivity index (χ1v) is 4.80. The van der Waals surface area contributed by atoms with Crippen LogP contribution >= 0.6 is 0 Å². The van der Waals surface area contributed by atoms with E-state index in [0.29, 0.717) is 6.42 Å². The highest BCUT2D eigenvalue weighted by molar-refractivity contribution is 5.98. The Hall–Kier alpha value is -1.45. The van der Waals surface area contributed by atoms with Crippen LogP contribution < -0.4 is 5.43 Å². The Morgan fingerprint density at radius 2 is 2.36 bits per heavy atom. The first-order chi connectivity index (χ1) is 6.75. The fraction of sp³-hybridized carbons (Fsp3) is 0.500. The molecule has 0 spiro atoms. The Labute approximate surface area is 82.8 Å². The maximum atomic E-state index is 10.9. The highest BCUT2D eigenvalue weighted by Gasteiger charge is 2.19. The fourth-order valence-corrected chi connectivity index (χ4v) is 1.58. The molecule has 2 aliphatic rings. The van der Waals surface area contributed by atoms with E-state index in [9.17, 15) is 4.79 Å². The van der Waals surface area contributed by atoms with Crippen molar-refractivity contribution in [2.45, 2.75) is 19.8 Å². The minimum absolute atomic E-state index is 0.00761. The van der Waals surface area contributed by atoms with Crippen molar-refractivity contribution in [2.75, 3.05) is 6.54 Å². The van der Waals surface area contributed by atoms with E-state index >= 15 is 0 Å². The molecule has 74 valence electrons. The molecule has 0 fully saturated rings. The summed E-state index contributed by atoms with van der Waals surface area (Å²) in [5.74, 6) is 0.285. The summed E-state index contributed by atoms with van der Waals surface area (Å²) in [6.07, 6.45) is 5.42. The summed E-state index contributed by atoms with van der Waals surface area (Å²) >= 11 is 0. The first-order valence-electron chi connectivity index (χ1n) is 4.80. The van der Waals surface area contributed by atoms with Gasteiger partial charge in [-0.3, -0.25) is 9.79 Å². The normalized spacial score (nSPS) is 26.6. The summed E-state index contributed by atoms with van der Waals surface area (Å²) < 4.78 is 0. The number of nitrogens with zero attached hydrogens (tertiary/aromatic N) is 2. The highest BCUT2D eigenvalue weighted by atomic mass is 16.2. The zero-order valence-electron chi connectivity index (χ0n) is 8.16. The maximum absolute atomic E-state index is 10.9. The summed E-state index contributed by atoms with van der Waals surface area (Å²) in [4.78, 5) is 15.2. The van der Waals surface area contributed by atoms with E-state index in [1.54, 1.807) is 0 Å². The number of allylic oxidation sites excluding steroid dienone is 1. The third-order valence-electron chi connectivity index (χ3n) is 2.47. The molecule has 0 saturated carbocycles. The number of amides is 1. The molecule has 1 N–H and O–H groups in total. The lowest BCUT2D eigenvalue weighted by Crippen LogP contribution is -2.30. The second kappa shape index (κ2) is 3.74. The molecule has 0 saturated heterocycles. The van der Waals surface area contributed by atoms with Crippen LogP contribution in [0.1, 0.15) is 19.8 Å². The second-order valence-electron chi connectivity index (χ2n) is 3.59. The first kappa shape index (κ1) is 9.12. The average Bonchev–Trinajstić information content (AvgIpc) is 2.21. The lowest BCUT2D eigenvalue weighted by atomic mass is 9.96. The number of carbonyl (C=O) groups excluding carboxylic acids is 1. The Balaban J connectivity index is 2.04. The molecule has 14 heavy (non-hydrogen) atoms. The standard InChI is InChI=1S/C10H13N3O/c1-7-2-3-8(6-11-7)9-4-5-10(14)13-12-9/h2-3,8H,4-6H2,1H3,(H,13,14). The number of aliphatic imine (C=N–C) groups is 1. The van der Waals surface area contributed by atoms with Gasteiger partial charge >= 0.3 is 0 Å². The van der Waals surface area contributed by atoms with Crippen molar-refractivity contribution >= 4 is 17.3 Å². The molecule has 0 radical (unpaired) electrons. The van der Waals surface area contributed by atoms with E-state index in [0.717, 1.165) is 24.4 Å². The van der Waals surface area contributed by atoms with Gasteiger partial charge in [0.25, 0.3) is 0 Å². The van der Waals surface area contributed by atoms with Gasteiger partial charge in [0, 0.05) is 23.8 Å². The van der Waals surface area contributed by atoms with E-state index in [-0.39, 0.29) is 11.8 Å². The molecule has 2 aliphatic heterocycles. The van der Waals surface area contributed by atoms with Gasteiger partial charge in [0.1, 0.15) is 0 Å². The van der Waals surface area contributed by atoms with E-state index in [2.05, 4.69) is 21.6 Å². The van der Waals surface area contributed by atoms with Gasteiger partial charge < -0.3 is 0 Å². The number of hydrogen-bond donors (Lipinski definition) is 1. The molecule has 0 aromatic rings. The minimum atomic E-state index is 0.00761. The Morgan fingerprint density at radius 1 is 1.50 bits per heavy atom. The third-order valence-corrected chi connectivity index (χ3v) is 2.47. The SMILES string of the molecule is CC1=NCC(C2=NNC(=O)CC2)C=C1. The van der Waals surface area contributed by atoms with Crippen molar-refractivity contribution in [3.63, 3.8) is 0 Å². The number of carbonyl (C=O) groups is 1. The van der Waals surface area contributed by atoms with E-state index in [1.807, 2.05) is 13.0 Å². The molecule has 1 atom stereocenters. The van der Waals surface area contributed by atoms with Gasteiger partial charge in [-0.05, 0) is 19.4 Å². The molecule has 0 aromatic heterocycles. The van der Waals surface area contributed by atoms with Gasteiger partial charge in [-0.15, -0.1) is 0 Å². The molecule has 2 rings (SSSR count). The topological polar surface area (TPSA) is 53.8 Å². The monoisotopic (exact) mass is 191 g/mol. The summed E-state index contributed by atoms with van der Waals surface area (Å²) in [5, 5.41) is 4.06. The van der Waals surface area contributed by atoms with Crippen molar-refractivity contribution in [1.82, 2.24) is 5.43 Å². The second-order valence-corrected chi connectivity index (χ2v) is 3.59. The fourth-order valence-electron chi connectivity index (χ4n) is 1.58. The quantitative estimate of drug-likeness (QED) is 0.657. The molecule has 1 amide bonds. The third kappa shape index (κ3) is 1.89. The van der Waals surface area contributed by atoms with Gasteiger partial charge in [0.2, 0.25) is 5.91 Å². The van der Waals surface area contributed by atoms with Gasteiger partial charge in [-0.1, -0.05) is 6.08 Å². The number of rotatable bonds is 1. The molecule has 2 heterocycles. The van der Waals surface area contributed by atoms with Crippen LogP contribution in [0.4, 0.5) is 0 Å². The van der Waals surface area contributed by atoms with Crippen LogP contribution in [0.2, 0.25) is 0 Å². The molecular formula is C10H13N3O. The molecule has 4 heteroatoms. The Bertz CT molecular complexity index is 341. The summed E-state index contributed by atoms with van der Waals surface area (Å²) in [6, 6.07) is 0. The Kier molecular flexibility index (Phi) is 2.43. The van der Waals surface area contributed by atoms with Gasteiger partial charge in [-0.2, -0.15) is 5.10 Å². The molecule has 1 unspecified atom stereocenters. The van der Waals surface area contributed by atoms with Crippen LogP contribution in [0.15, 0.2) is 22.2 Å². The summed E-state index contributed by atoms with van der Waals surface area (Å²) in [6.45, 7) is 2.74. The van der Waals surface area contributed by atoms with Gasteiger partial charge in [-0.25, -0.2) is 5.43 Å². The minimum Gasteiger partial charge on any atom is -0.289 e. The van der Waals surface area contributed by atoms with E-state index in [4.69, 9.17) is 0 Å². The van der Waals surface area contributed by atoms with Crippen molar-refractivity contribution < 1.29 is 4.79 Å². The van der Waals surface area contributed by atoms with Gasteiger partial charge in [0.05, 0.1) is 6.54 Å². The van der Waals surface area contributed by atoms with Crippen molar-refractivity contribution in [3.8, 4) is 0 Å². The number of hydrazone groups is 1. The molecule has 0 aromatic carbocycles. The van der Waals surface area contributed by atoms with Crippen molar-refractivity contribution in [3.05, 3.63) is 12.2 Å². The number of nitrogens with one attached hydrogen (secondary N) is 1. The van der Waals surface area contributed by atoms with Crippen LogP contribution in [0.5, 0.6) is 0 Å². The smallest absolute Gasteiger partial charge is 0.240 e. The molecule has 4 nitrogen and oxygen atoms in total. The number of hydrogen-bond acceptors (Lipinski definition) is 3. The summed E-state index contributed by atoms with van der Waals surface area (Å²) in [5.41, 5.74) is 4.60. The summed E-state index contributed by atoms with van der Waals surface area (Å²) in [7, 11) is 0. The average molecular weight is 191 g/mol. The van der Waals surface area contributed by atoms with Crippen LogP contribution in [0.3, 0.4) is 0 Å². The van der Waals surface area contributed by atoms with Crippen molar-refractivity contribution in [1.29, 1.82) is 0 Å². The largest absolute Gasteiger partial charge is 0.289 e. The van der Waals surface area contributed by atoms with Crippen LogP contribution in [-0.4, -0.2) is 23.9 Å². The van der Waals surface area contributed by atoms with Crippen LogP contribution in [-0.2, 0) is 4.79 Å². The molecular weight excluding hydrogens is 178 g/mol. The lowest BCUT2D eigenvalue weighted by molar-refractivity contribution is -0.121. The number of dihydropyridines is 1. The highest BCUT2D eigenvalue weighted by Crippen LogP contribution is 2.14. The molecule has 0 aliphatic carbocycles. The van der Waals surface area contributed by atoms with Gasteiger partial charge in [0.15, 0.2) is 0 Å².